The van der Waals surface area contributed by atoms with Gasteiger partial charge in [0.2, 0.25) is 0 Å². The third kappa shape index (κ3) is 124. The van der Waals surface area contributed by atoms with E-state index in [1.54, 1.807) is 22.5 Å². The van der Waals surface area contributed by atoms with Crippen molar-refractivity contribution in [1.82, 2.24) is 0 Å². The summed E-state index contributed by atoms with van der Waals surface area (Å²) in [4.78, 5) is 8.00. The monoisotopic (exact) mass is 179 g/mol. The number of carbonyl (C=O) groups is 1. The first-order valence-corrected chi connectivity index (χ1v) is 3.37. The molecule has 0 rings (SSSR count). The summed E-state index contributed by atoms with van der Waals surface area (Å²) in [7, 11) is 0. The molecule has 0 saturated carbocycles. The Morgan fingerprint density at radius 2 is 1.80 bits per heavy atom. The first-order valence-electron chi connectivity index (χ1n) is 1.35. The summed E-state index contributed by atoms with van der Waals surface area (Å²) < 4.78 is 1.34. The Labute approximate surface area is 45.8 Å². The molecule has 1 nitrogen and oxygen atoms in total. The van der Waals surface area contributed by atoms with Crippen LogP contribution in [0.1, 0.15) is 6.92 Å². The second kappa shape index (κ2) is 24.9. The first kappa shape index (κ1) is 9.08. The van der Waals surface area contributed by atoms with E-state index in [1.165, 1.54) is 4.44 Å². The molecule has 0 atom stereocenters. The van der Waals surface area contributed by atoms with Crippen molar-refractivity contribution >= 4 is 29.3 Å². The molecule has 29 valence electrons. The topological polar surface area (TPSA) is 17.1 Å². The van der Waals surface area contributed by atoms with E-state index in [2.05, 4.69) is 6.92 Å². The number of hydrogen-bond donors (Lipinski definition) is 0. The standard InChI is InChI=1S/C2H5.CH2O.Sn/c2*1-2;/h1H2,2H3;1H2;. The summed E-state index contributed by atoms with van der Waals surface area (Å²) in [6, 6.07) is 0. The second-order valence-corrected chi connectivity index (χ2v) is 2.37. The molecule has 0 bridgehead atoms. The average Bonchev–Trinajstić information content (AvgIpc) is 1.46. The Hall–Kier alpha value is 0.469. The summed E-state index contributed by atoms with van der Waals surface area (Å²) in [5, 5.41) is 0. The van der Waals surface area contributed by atoms with Crippen LogP contribution in [0.2, 0.25) is 4.44 Å². The maximum absolute atomic E-state index is 8.00. The predicted octanol–water partition coefficient (Wildman–Crippen LogP) is 0.408. The van der Waals surface area contributed by atoms with Gasteiger partial charge in [-0.2, -0.15) is 0 Å². The van der Waals surface area contributed by atoms with E-state index in [4.69, 9.17) is 4.79 Å². The number of hydrogen-bond acceptors (Lipinski definition) is 1. The molecule has 0 aliphatic rings. The van der Waals surface area contributed by atoms with Crippen molar-refractivity contribution in [1.29, 1.82) is 0 Å². The van der Waals surface area contributed by atoms with Gasteiger partial charge in [0.15, 0.2) is 0 Å². The van der Waals surface area contributed by atoms with Crippen molar-refractivity contribution in [3.05, 3.63) is 0 Å². The molecule has 0 N–H and O–H groups in total. The van der Waals surface area contributed by atoms with Crippen LogP contribution >= 0.6 is 0 Å². The van der Waals surface area contributed by atoms with E-state index in [0.717, 1.165) is 0 Å². The fourth-order valence-corrected chi connectivity index (χ4v) is 0. The van der Waals surface area contributed by atoms with Gasteiger partial charge in [0.1, 0.15) is 6.79 Å². The Morgan fingerprint density at radius 1 is 1.80 bits per heavy atom. The van der Waals surface area contributed by atoms with Crippen LogP contribution in [-0.2, 0) is 4.79 Å². The molecule has 0 aliphatic carbocycles. The van der Waals surface area contributed by atoms with E-state index < -0.39 is 0 Å². The normalized spacial score (nSPS) is 4.40. The Morgan fingerprint density at radius 3 is 1.80 bits per heavy atom. The molecule has 5 heavy (non-hydrogen) atoms. The van der Waals surface area contributed by atoms with Gasteiger partial charge < -0.3 is 4.79 Å². The van der Waals surface area contributed by atoms with Crippen LogP contribution in [0.4, 0.5) is 0 Å². The van der Waals surface area contributed by atoms with Crippen LogP contribution in [0.15, 0.2) is 0 Å². The van der Waals surface area contributed by atoms with Crippen LogP contribution in [0.25, 0.3) is 0 Å². The fraction of sp³-hybridized carbons (Fsp3) is 0.667. The van der Waals surface area contributed by atoms with Gasteiger partial charge in [-0.15, -0.1) is 0 Å². The molecule has 0 saturated heterocycles. The number of rotatable bonds is 0. The quantitative estimate of drug-likeness (QED) is 0.490. The zero-order valence-corrected chi connectivity index (χ0v) is 6.18. The van der Waals surface area contributed by atoms with Crippen molar-refractivity contribution in [2.24, 2.45) is 0 Å². The predicted molar refractivity (Wildman–Crippen MR) is 23.4 cm³/mol. The molecule has 0 amide bonds. The average molecular weight is 178 g/mol. The molecule has 0 aromatic rings. The van der Waals surface area contributed by atoms with E-state index in [9.17, 15) is 0 Å². The van der Waals surface area contributed by atoms with Crippen molar-refractivity contribution in [2.75, 3.05) is 0 Å². The molecule has 0 spiro atoms. The summed E-state index contributed by atoms with van der Waals surface area (Å²) in [6.07, 6.45) is 0. The molecule has 0 aromatic heterocycles. The zero-order chi connectivity index (χ0) is 4.71. The van der Waals surface area contributed by atoms with Gasteiger partial charge in [0.25, 0.3) is 0 Å². The Balaban J connectivity index is 0. The maximum atomic E-state index is 8.00. The first-order chi connectivity index (χ1) is 2.41. The van der Waals surface area contributed by atoms with Crippen molar-refractivity contribution in [2.45, 2.75) is 11.4 Å². The van der Waals surface area contributed by atoms with Gasteiger partial charge in [-0.25, -0.2) is 0 Å². The number of carbonyl (C=O) groups excluding carboxylic acids is 1. The summed E-state index contributed by atoms with van der Waals surface area (Å²) in [5.41, 5.74) is 0. The van der Waals surface area contributed by atoms with Gasteiger partial charge in [-0.3, -0.25) is 0 Å². The summed E-state index contributed by atoms with van der Waals surface area (Å²) in [5.74, 6) is 0. The van der Waals surface area contributed by atoms with E-state index >= 15 is 0 Å². The zero-order valence-electron chi connectivity index (χ0n) is 3.32. The second-order valence-electron chi connectivity index (χ2n) is 0.354. The van der Waals surface area contributed by atoms with Crippen LogP contribution in [-0.4, -0.2) is 29.3 Å². The van der Waals surface area contributed by atoms with Gasteiger partial charge in [0.05, 0.1) is 0 Å². The van der Waals surface area contributed by atoms with Crippen molar-refractivity contribution in [3.63, 3.8) is 0 Å². The van der Waals surface area contributed by atoms with E-state index in [0.29, 0.717) is 0 Å². The SMILES string of the molecule is C=O.C[CH2][Sn]. The van der Waals surface area contributed by atoms with Gasteiger partial charge in [-0.05, 0) is 0 Å². The molecule has 0 aliphatic heterocycles. The fourth-order valence-electron chi connectivity index (χ4n) is 0. The minimum absolute atomic E-state index is 1.34. The van der Waals surface area contributed by atoms with Crippen LogP contribution in [0.5, 0.6) is 0 Å². The molecule has 0 fully saturated rings. The summed E-state index contributed by atoms with van der Waals surface area (Å²) in [6.45, 7) is 4.16. The molecule has 0 heterocycles. The molecular formula is C3H7OSn. The van der Waals surface area contributed by atoms with Crippen LogP contribution in [0.3, 0.4) is 0 Å². The molecule has 0 unspecified atom stereocenters. The molecule has 0 aromatic carbocycles. The molecule has 2 heteroatoms. The van der Waals surface area contributed by atoms with Gasteiger partial charge in [0, 0.05) is 0 Å². The Kier molecular flexibility index (Phi) is 45.2. The molecule has 3 radical (unpaired) electrons. The minimum atomic E-state index is 1.34. The van der Waals surface area contributed by atoms with Gasteiger partial charge in [-0.1, -0.05) is 0 Å². The van der Waals surface area contributed by atoms with Crippen molar-refractivity contribution < 1.29 is 4.79 Å². The third-order valence-corrected chi connectivity index (χ3v) is 0. The molecular weight excluding hydrogens is 171 g/mol. The summed E-state index contributed by atoms with van der Waals surface area (Å²) >= 11 is 1.64. The third-order valence-electron chi connectivity index (χ3n) is 0. The van der Waals surface area contributed by atoms with Gasteiger partial charge >= 0.3 is 33.9 Å². The van der Waals surface area contributed by atoms with Crippen molar-refractivity contribution in [3.8, 4) is 0 Å². The van der Waals surface area contributed by atoms with Crippen LogP contribution in [0, 0.1) is 0 Å². The van der Waals surface area contributed by atoms with E-state index in [-0.39, 0.29) is 0 Å². The Bertz CT molecular complexity index is 10.9. The van der Waals surface area contributed by atoms with E-state index in [1.807, 2.05) is 6.79 Å². The van der Waals surface area contributed by atoms with Crippen LogP contribution < -0.4 is 0 Å².